The number of halogens is 1. The van der Waals surface area contributed by atoms with E-state index in [2.05, 4.69) is 138 Å². The maximum Gasteiger partial charge on any atom is 0.0541 e. The summed E-state index contributed by atoms with van der Waals surface area (Å²) >= 11 is 6.34. The van der Waals surface area contributed by atoms with Gasteiger partial charge in [0.2, 0.25) is 0 Å². The molecule has 1 heterocycles. The molecule has 0 bridgehead atoms. The second kappa shape index (κ2) is 9.12. The van der Waals surface area contributed by atoms with Gasteiger partial charge < -0.3 is 4.57 Å². The predicted octanol–water partition coefficient (Wildman–Crippen LogP) is 11.1. The third-order valence-electron chi connectivity index (χ3n) is 8.05. The summed E-state index contributed by atoms with van der Waals surface area (Å²) < 4.78 is 2.38. The Balaban J connectivity index is 1.46. The zero-order valence-corrected chi connectivity index (χ0v) is 22.4. The number of hydrogen-bond donors (Lipinski definition) is 0. The van der Waals surface area contributed by atoms with Crippen molar-refractivity contribution in [3.63, 3.8) is 0 Å². The summed E-state index contributed by atoms with van der Waals surface area (Å²) in [5.41, 5.74) is 8.29. The van der Waals surface area contributed by atoms with Crippen LogP contribution in [0.2, 0.25) is 5.02 Å². The first kappa shape index (κ1) is 23.1. The van der Waals surface area contributed by atoms with Crippen molar-refractivity contribution >= 4 is 55.0 Å². The number of rotatable bonds is 3. The van der Waals surface area contributed by atoms with Crippen LogP contribution in [0, 0.1) is 0 Å². The second-order valence-electron chi connectivity index (χ2n) is 10.3. The van der Waals surface area contributed by atoms with Crippen molar-refractivity contribution in [1.29, 1.82) is 0 Å². The Bertz CT molecular complexity index is 2170. The van der Waals surface area contributed by atoms with Gasteiger partial charge in [-0.05, 0) is 86.3 Å². The van der Waals surface area contributed by atoms with Gasteiger partial charge in [-0.15, -0.1) is 0 Å². The molecule has 188 valence electrons. The van der Waals surface area contributed by atoms with Crippen molar-refractivity contribution in [1.82, 2.24) is 4.57 Å². The van der Waals surface area contributed by atoms with Crippen LogP contribution in [0.1, 0.15) is 0 Å². The van der Waals surface area contributed by atoms with Crippen molar-refractivity contribution in [2.24, 2.45) is 0 Å². The van der Waals surface area contributed by atoms with Gasteiger partial charge in [0, 0.05) is 21.5 Å². The molecule has 1 aromatic heterocycles. The van der Waals surface area contributed by atoms with Gasteiger partial charge in [-0.3, -0.25) is 0 Å². The highest BCUT2D eigenvalue weighted by molar-refractivity contribution is 6.30. The van der Waals surface area contributed by atoms with E-state index in [0.717, 1.165) is 16.3 Å². The first-order valence-electron chi connectivity index (χ1n) is 13.6. The van der Waals surface area contributed by atoms with Gasteiger partial charge in [-0.1, -0.05) is 115 Å². The van der Waals surface area contributed by atoms with E-state index in [1.807, 2.05) is 12.1 Å². The average molecular weight is 530 g/mol. The van der Waals surface area contributed by atoms with E-state index in [1.54, 1.807) is 0 Å². The lowest BCUT2D eigenvalue weighted by molar-refractivity contribution is 1.18. The van der Waals surface area contributed by atoms with Crippen LogP contribution < -0.4 is 0 Å². The van der Waals surface area contributed by atoms with E-state index in [9.17, 15) is 0 Å². The van der Waals surface area contributed by atoms with Crippen LogP contribution in [-0.4, -0.2) is 4.57 Å². The Morgan fingerprint density at radius 1 is 0.400 bits per heavy atom. The van der Waals surface area contributed by atoms with Crippen LogP contribution in [-0.2, 0) is 0 Å². The Morgan fingerprint density at radius 2 is 0.975 bits per heavy atom. The fourth-order valence-electron chi connectivity index (χ4n) is 6.25. The maximum absolute atomic E-state index is 6.34. The molecule has 8 aromatic rings. The minimum absolute atomic E-state index is 0.736. The third-order valence-corrected chi connectivity index (χ3v) is 8.31. The quantitative estimate of drug-likeness (QED) is 0.200. The van der Waals surface area contributed by atoms with Crippen molar-refractivity contribution in [3.8, 4) is 27.9 Å². The smallest absolute Gasteiger partial charge is 0.0541 e. The second-order valence-corrected chi connectivity index (χ2v) is 10.7. The summed E-state index contributed by atoms with van der Waals surface area (Å²) in [6, 6.07) is 52.1. The van der Waals surface area contributed by atoms with Crippen LogP contribution in [0.5, 0.6) is 0 Å². The van der Waals surface area contributed by atoms with Crippen LogP contribution in [0.4, 0.5) is 0 Å². The van der Waals surface area contributed by atoms with Crippen molar-refractivity contribution in [2.75, 3.05) is 0 Å². The minimum atomic E-state index is 0.736. The maximum atomic E-state index is 6.34. The molecule has 2 heteroatoms. The highest BCUT2D eigenvalue weighted by Crippen LogP contribution is 2.42. The molecule has 0 radical (unpaired) electrons. The molecule has 0 spiro atoms. The lowest BCUT2D eigenvalue weighted by atomic mass is 9.88. The molecular formula is C38H24ClN. The molecule has 0 aliphatic heterocycles. The molecular weight excluding hydrogens is 506 g/mol. The largest absolute Gasteiger partial charge is 0.309 e. The van der Waals surface area contributed by atoms with E-state index in [0.29, 0.717) is 0 Å². The molecule has 1 nitrogen and oxygen atoms in total. The van der Waals surface area contributed by atoms with E-state index >= 15 is 0 Å². The van der Waals surface area contributed by atoms with Gasteiger partial charge >= 0.3 is 0 Å². The van der Waals surface area contributed by atoms with Crippen molar-refractivity contribution in [2.45, 2.75) is 0 Å². The van der Waals surface area contributed by atoms with Crippen molar-refractivity contribution in [3.05, 3.63) is 151 Å². The molecule has 0 N–H and O–H groups in total. The van der Waals surface area contributed by atoms with Crippen LogP contribution in [0.25, 0.3) is 71.3 Å². The minimum Gasteiger partial charge on any atom is -0.309 e. The van der Waals surface area contributed by atoms with Gasteiger partial charge in [0.25, 0.3) is 0 Å². The Labute approximate surface area is 237 Å². The highest BCUT2D eigenvalue weighted by Gasteiger charge is 2.17. The number of fused-ring (bicyclic) bond motifs is 6. The molecule has 0 saturated heterocycles. The topological polar surface area (TPSA) is 4.93 Å². The third kappa shape index (κ3) is 3.56. The van der Waals surface area contributed by atoms with Gasteiger partial charge in [-0.2, -0.15) is 0 Å². The normalized spacial score (nSPS) is 11.6. The molecule has 40 heavy (non-hydrogen) atoms. The molecule has 0 amide bonds. The summed E-state index contributed by atoms with van der Waals surface area (Å²) in [7, 11) is 0. The van der Waals surface area contributed by atoms with E-state index in [4.69, 9.17) is 11.6 Å². The molecule has 0 aliphatic rings. The molecule has 0 unspecified atom stereocenters. The Morgan fingerprint density at radius 3 is 1.68 bits per heavy atom. The standard InChI is InChI=1S/C38H24ClN/c39-27-19-17-25(18-20-27)35-24-28(40-37-15-7-5-13-33(37)34-14-6-8-16-38(34)40)21-22-32(35)36-23-26-9-1-2-10-29(26)30-11-3-4-12-31(30)36/h1-24H. The Hall–Kier alpha value is -4.85. The summed E-state index contributed by atoms with van der Waals surface area (Å²) in [4.78, 5) is 0. The van der Waals surface area contributed by atoms with Gasteiger partial charge in [0.1, 0.15) is 0 Å². The molecule has 0 atom stereocenters. The molecule has 8 rings (SSSR count). The summed E-state index contributed by atoms with van der Waals surface area (Å²) in [5, 5.41) is 8.29. The lowest BCUT2D eigenvalue weighted by Crippen LogP contribution is -1.96. The molecule has 0 aliphatic carbocycles. The van der Waals surface area contributed by atoms with Crippen LogP contribution >= 0.6 is 11.6 Å². The molecule has 0 saturated carbocycles. The first-order valence-corrected chi connectivity index (χ1v) is 13.9. The Kier molecular flexibility index (Phi) is 5.26. The highest BCUT2D eigenvalue weighted by atomic mass is 35.5. The SMILES string of the molecule is Clc1ccc(-c2cc(-n3c4ccccc4c4ccccc43)ccc2-c2cc3ccccc3c3ccccc23)cc1. The number of aromatic nitrogens is 1. The first-order chi connectivity index (χ1) is 19.8. The zero-order valence-electron chi connectivity index (χ0n) is 21.7. The average Bonchev–Trinajstić information content (AvgIpc) is 3.35. The van der Waals surface area contributed by atoms with E-state index < -0.39 is 0 Å². The van der Waals surface area contributed by atoms with Crippen LogP contribution in [0.15, 0.2) is 146 Å². The number of hydrogen-bond acceptors (Lipinski definition) is 0. The zero-order chi connectivity index (χ0) is 26.6. The summed E-state index contributed by atoms with van der Waals surface area (Å²) in [6.07, 6.45) is 0. The number of benzene rings is 7. The molecule has 0 fully saturated rings. The van der Waals surface area contributed by atoms with Crippen LogP contribution in [0.3, 0.4) is 0 Å². The van der Waals surface area contributed by atoms with E-state index in [-0.39, 0.29) is 0 Å². The molecule has 7 aromatic carbocycles. The van der Waals surface area contributed by atoms with Gasteiger partial charge in [0.05, 0.1) is 11.0 Å². The monoisotopic (exact) mass is 529 g/mol. The van der Waals surface area contributed by atoms with Gasteiger partial charge in [0.15, 0.2) is 0 Å². The van der Waals surface area contributed by atoms with E-state index in [1.165, 1.54) is 60.0 Å². The lowest BCUT2D eigenvalue weighted by Gasteiger charge is -2.17. The predicted molar refractivity (Wildman–Crippen MR) is 172 cm³/mol. The fraction of sp³-hybridized carbons (Fsp3) is 0. The summed E-state index contributed by atoms with van der Waals surface area (Å²) in [6.45, 7) is 0. The van der Waals surface area contributed by atoms with Crippen molar-refractivity contribution < 1.29 is 0 Å². The number of para-hydroxylation sites is 2. The summed E-state index contributed by atoms with van der Waals surface area (Å²) in [5.74, 6) is 0. The van der Waals surface area contributed by atoms with Gasteiger partial charge in [-0.25, -0.2) is 0 Å². The number of nitrogens with zero attached hydrogens (tertiary/aromatic N) is 1. The fourth-order valence-corrected chi connectivity index (χ4v) is 6.38.